The summed E-state index contributed by atoms with van der Waals surface area (Å²) in [4.78, 5) is 46.2. The molecule has 190 valence electrons. The Morgan fingerprint density at radius 3 is 1.31 bits per heavy atom. The van der Waals surface area contributed by atoms with E-state index in [1.54, 1.807) is 0 Å². The lowest BCUT2D eigenvalue weighted by molar-refractivity contribution is -0.125. The summed E-state index contributed by atoms with van der Waals surface area (Å²) in [7, 11) is 0. The van der Waals surface area contributed by atoms with Crippen LogP contribution in [0.25, 0.3) is 0 Å². The maximum absolute atomic E-state index is 11.7. The van der Waals surface area contributed by atoms with Crippen molar-refractivity contribution in [1.29, 1.82) is 0 Å². The van der Waals surface area contributed by atoms with E-state index in [1.165, 1.54) is 11.1 Å². The summed E-state index contributed by atoms with van der Waals surface area (Å²) in [6.07, 6.45) is 3.38. The summed E-state index contributed by atoms with van der Waals surface area (Å²) in [5.41, 5.74) is 4.48. The molecule has 0 atom stereocenters. The Morgan fingerprint density at radius 1 is 0.543 bits per heavy atom. The first-order valence-electron chi connectivity index (χ1n) is 12.7. The number of carbonyl (C=O) groups is 4. The SMILES string of the molecule is Cc1ccc(CC(=O)CCC(=O)C(C)C)cc1.Cc1ccc(CC(=O)CCCC(=O)C(C)C)cc1. The number of hydrogen-bond acceptors (Lipinski definition) is 4. The number of ketones is 4. The minimum Gasteiger partial charge on any atom is -0.299 e. The Morgan fingerprint density at radius 2 is 0.914 bits per heavy atom. The van der Waals surface area contributed by atoms with Crippen LogP contribution < -0.4 is 0 Å². The highest BCUT2D eigenvalue weighted by molar-refractivity contribution is 5.88. The Bertz CT molecular complexity index is 950. The summed E-state index contributed by atoms with van der Waals surface area (Å²) < 4.78 is 0. The van der Waals surface area contributed by atoms with E-state index in [9.17, 15) is 19.2 Å². The van der Waals surface area contributed by atoms with Gasteiger partial charge in [0.05, 0.1) is 0 Å². The Balaban J connectivity index is 0.000000351. The number of carbonyl (C=O) groups excluding carboxylic acids is 4. The van der Waals surface area contributed by atoms with E-state index >= 15 is 0 Å². The molecule has 4 nitrogen and oxygen atoms in total. The van der Waals surface area contributed by atoms with Crippen molar-refractivity contribution in [3.63, 3.8) is 0 Å². The monoisotopic (exact) mass is 478 g/mol. The van der Waals surface area contributed by atoms with Gasteiger partial charge in [-0.05, 0) is 31.4 Å². The maximum atomic E-state index is 11.7. The highest BCUT2D eigenvalue weighted by Gasteiger charge is 2.11. The third-order valence-corrected chi connectivity index (χ3v) is 5.86. The van der Waals surface area contributed by atoms with Gasteiger partial charge in [-0.2, -0.15) is 0 Å². The zero-order chi connectivity index (χ0) is 26.4. The molecule has 2 aromatic carbocycles. The average molecular weight is 479 g/mol. The van der Waals surface area contributed by atoms with Crippen molar-refractivity contribution in [2.75, 3.05) is 0 Å². The Kier molecular flexibility index (Phi) is 13.7. The minimum absolute atomic E-state index is 0.0298. The lowest BCUT2D eigenvalue weighted by Gasteiger charge is -2.04. The fourth-order valence-corrected chi connectivity index (χ4v) is 3.34. The molecule has 0 bridgehead atoms. The van der Waals surface area contributed by atoms with Crippen LogP contribution in [-0.2, 0) is 32.0 Å². The van der Waals surface area contributed by atoms with Crippen molar-refractivity contribution >= 4 is 23.1 Å². The average Bonchev–Trinajstić information content (AvgIpc) is 2.80. The van der Waals surface area contributed by atoms with E-state index in [2.05, 4.69) is 0 Å². The Hall–Kier alpha value is -2.88. The second-order valence-electron chi connectivity index (χ2n) is 10.00. The number of benzene rings is 2. The molecule has 0 saturated carbocycles. The summed E-state index contributed by atoms with van der Waals surface area (Å²) >= 11 is 0. The quantitative estimate of drug-likeness (QED) is 0.325. The fraction of sp³-hybridized carbons (Fsp3) is 0.484. The van der Waals surface area contributed by atoms with Crippen LogP contribution in [0.1, 0.15) is 82.1 Å². The highest BCUT2D eigenvalue weighted by atomic mass is 16.1. The van der Waals surface area contributed by atoms with Crippen molar-refractivity contribution < 1.29 is 19.2 Å². The lowest BCUT2D eigenvalue weighted by atomic mass is 10.00. The van der Waals surface area contributed by atoms with Crippen molar-refractivity contribution in [3.05, 3.63) is 70.8 Å². The Labute approximate surface area is 211 Å². The van der Waals surface area contributed by atoms with Gasteiger partial charge < -0.3 is 0 Å². The van der Waals surface area contributed by atoms with Crippen LogP contribution in [0, 0.1) is 25.7 Å². The molecule has 2 aromatic rings. The first-order chi connectivity index (χ1) is 16.5. The molecule has 2 rings (SSSR count). The highest BCUT2D eigenvalue weighted by Crippen LogP contribution is 2.10. The van der Waals surface area contributed by atoms with Crippen molar-refractivity contribution in [3.8, 4) is 0 Å². The molecule has 0 N–H and O–H groups in total. The van der Waals surface area contributed by atoms with Gasteiger partial charge in [0.1, 0.15) is 23.1 Å². The van der Waals surface area contributed by atoms with Crippen molar-refractivity contribution in [2.45, 2.75) is 86.5 Å². The second kappa shape index (κ2) is 15.9. The third kappa shape index (κ3) is 13.6. The molecule has 0 unspecified atom stereocenters. The topological polar surface area (TPSA) is 68.3 Å². The zero-order valence-electron chi connectivity index (χ0n) is 22.4. The van der Waals surface area contributed by atoms with Crippen LogP contribution in [0.15, 0.2) is 48.5 Å². The van der Waals surface area contributed by atoms with Gasteiger partial charge in [-0.1, -0.05) is 87.4 Å². The van der Waals surface area contributed by atoms with E-state index in [-0.39, 0.29) is 35.0 Å². The molecule has 0 spiro atoms. The molecule has 35 heavy (non-hydrogen) atoms. The lowest BCUT2D eigenvalue weighted by Crippen LogP contribution is -2.11. The summed E-state index contributed by atoms with van der Waals surface area (Å²) in [6, 6.07) is 16.0. The molecule has 0 aliphatic heterocycles. The molecule has 0 radical (unpaired) electrons. The fourth-order valence-electron chi connectivity index (χ4n) is 3.34. The number of hydrogen-bond donors (Lipinski definition) is 0. The van der Waals surface area contributed by atoms with Gasteiger partial charge in [0.25, 0.3) is 0 Å². The van der Waals surface area contributed by atoms with E-state index in [0.29, 0.717) is 44.9 Å². The largest absolute Gasteiger partial charge is 0.299 e. The zero-order valence-corrected chi connectivity index (χ0v) is 22.4. The molecule has 0 aliphatic carbocycles. The molecule has 0 aliphatic rings. The number of Topliss-reactive ketones (excluding diaryl/α,β-unsaturated/α-hetero) is 4. The molecule has 0 fully saturated rings. The summed E-state index contributed by atoms with van der Waals surface area (Å²) in [5, 5.41) is 0. The van der Waals surface area contributed by atoms with Gasteiger partial charge in [0.2, 0.25) is 0 Å². The molecule has 0 saturated heterocycles. The first kappa shape index (κ1) is 30.2. The molecule has 4 heteroatoms. The van der Waals surface area contributed by atoms with Crippen molar-refractivity contribution in [1.82, 2.24) is 0 Å². The van der Waals surface area contributed by atoms with Gasteiger partial charge in [-0.3, -0.25) is 19.2 Å². The van der Waals surface area contributed by atoms with Crippen LogP contribution >= 0.6 is 0 Å². The second-order valence-corrected chi connectivity index (χ2v) is 10.00. The van der Waals surface area contributed by atoms with Crippen molar-refractivity contribution in [2.24, 2.45) is 11.8 Å². The van der Waals surface area contributed by atoms with Gasteiger partial charge in [-0.25, -0.2) is 0 Å². The predicted octanol–water partition coefficient (Wildman–Crippen LogP) is 6.61. The van der Waals surface area contributed by atoms with Crippen LogP contribution in [-0.4, -0.2) is 23.1 Å². The number of aryl methyl sites for hydroxylation is 2. The van der Waals surface area contributed by atoms with Gasteiger partial charge in [0.15, 0.2) is 0 Å². The van der Waals surface area contributed by atoms with Gasteiger partial charge in [0, 0.05) is 50.4 Å². The number of rotatable bonds is 13. The van der Waals surface area contributed by atoms with E-state index < -0.39 is 0 Å². The normalized spacial score (nSPS) is 10.6. The predicted molar refractivity (Wildman–Crippen MR) is 143 cm³/mol. The first-order valence-corrected chi connectivity index (χ1v) is 12.7. The van der Waals surface area contributed by atoms with Crippen LogP contribution in [0.3, 0.4) is 0 Å². The molecule has 0 heterocycles. The third-order valence-electron chi connectivity index (χ3n) is 5.86. The molecular weight excluding hydrogens is 436 g/mol. The van der Waals surface area contributed by atoms with Crippen LogP contribution in [0.5, 0.6) is 0 Å². The minimum atomic E-state index is 0.0298. The summed E-state index contributed by atoms with van der Waals surface area (Å²) in [6.45, 7) is 11.6. The smallest absolute Gasteiger partial charge is 0.137 e. The van der Waals surface area contributed by atoms with E-state index in [0.717, 1.165) is 11.1 Å². The molecule has 0 aromatic heterocycles. The van der Waals surface area contributed by atoms with Gasteiger partial charge in [-0.15, -0.1) is 0 Å². The van der Waals surface area contributed by atoms with Crippen LogP contribution in [0.4, 0.5) is 0 Å². The van der Waals surface area contributed by atoms with E-state index in [4.69, 9.17) is 0 Å². The molecular formula is C31H42O4. The molecule has 0 amide bonds. The maximum Gasteiger partial charge on any atom is 0.137 e. The standard InChI is InChI=1S/C16H22O2.C15H20O2/c1-12(2)16(18)6-4-5-15(17)11-14-9-7-13(3)8-10-14;1-11(2)15(17)9-8-14(16)10-13-6-4-12(3)5-7-13/h7-10,12H,4-6,11H2,1-3H3;4-7,11H,8-10H2,1-3H3. The van der Waals surface area contributed by atoms with Crippen LogP contribution in [0.2, 0.25) is 0 Å². The summed E-state index contributed by atoms with van der Waals surface area (Å²) in [5.74, 6) is 0.887. The van der Waals surface area contributed by atoms with E-state index in [1.807, 2.05) is 90.1 Å². The van der Waals surface area contributed by atoms with Gasteiger partial charge >= 0.3 is 0 Å².